The quantitative estimate of drug-likeness (QED) is 0.795. The lowest BCUT2D eigenvalue weighted by molar-refractivity contribution is 0.0285. The van der Waals surface area contributed by atoms with Crippen LogP contribution in [0.1, 0.15) is 27.2 Å². The molecule has 0 saturated carbocycles. The van der Waals surface area contributed by atoms with E-state index in [1.807, 2.05) is 20.8 Å². The summed E-state index contributed by atoms with van der Waals surface area (Å²) in [5.41, 5.74) is -0.487. The van der Waals surface area contributed by atoms with Crippen molar-refractivity contribution in [3.8, 4) is 5.75 Å². The van der Waals surface area contributed by atoms with Crippen LogP contribution in [0.4, 0.5) is 9.18 Å². The molecular formula is C16H21BrFNO3. The number of rotatable bonds is 3. The Balaban J connectivity index is 1.82. The molecule has 1 saturated heterocycles. The molecule has 0 N–H and O–H groups in total. The molecule has 0 unspecified atom stereocenters. The highest BCUT2D eigenvalue weighted by molar-refractivity contribution is 9.10. The molecule has 1 amide bonds. The van der Waals surface area contributed by atoms with Crippen LogP contribution in [0.2, 0.25) is 0 Å². The number of carbonyl (C=O) groups excluding carboxylic acids is 1. The van der Waals surface area contributed by atoms with Crippen LogP contribution >= 0.6 is 15.9 Å². The molecule has 22 heavy (non-hydrogen) atoms. The van der Waals surface area contributed by atoms with Crippen LogP contribution in [0.3, 0.4) is 0 Å². The van der Waals surface area contributed by atoms with Gasteiger partial charge in [-0.25, -0.2) is 9.18 Å². The summed E-state index contributed by atoms with van der Waals surface area (Å²) in [4.78, 5) is 13.7. The first-order valence-electron chi connectivity index (χ1n) is 7.30. The molecule has 0 bridgehead atoms. The molecule has 0 radical (unpaired) electrons. The average Bonchev–Trinajstić information content (AvgIpc) is 2.82. The van der Waals surface area contributed by atoms with Crippen LogP contribution in [0.25, 0.3) is 0 Å². The molecule has 1 aromatic carbocycles. The minimum absolute atomic E-state index is 0.231. The topological polar surface area (TPSA) is 38.8 Å². The minimum atomic E-state index is -0.487. The molecule has 0 aliphatic carbocycles. The van der Waals surface area contributed by atoms with E-state index < -0.39 is 5.60 Å². The van der Waals surface area contributed by atoms with Crippen molar-refractivity contribution in [2.24, 2.45) is 5.92 Å². The van der Waals surface area contributed by atoms with Crippen molar-refractivity contribution in [1.29, 1.82) is 0 Å². The lowest BCUT2D eigenvalue weighted by Gasteiger charge is -2.24. The number of carbonyl (C=O) groups is 1. The molecule has 1 aromatic rings. The van der Waals surface area contributed by atoms with Crippen LogP contribution in [0, 0.1) is 11.7 Å². The number of amides is 1. The van der Waals surface area contributed by atoms with Crippen LogP contribution in [-0.2, 0) is 4.74 Å². The van der Waals surface area contributed by atoms with E-state index in [1.54, 1.807) is 11.0 Å². The summed E-state index contributed by atoms with van der Waals surface area (Å²) in [6, 6.07) is 4.46. The standard InChI is InChI=1S/C16H21BrFNO3/c1-16(2,3)22-15(20)19-5-4-11(9-19)10-21-14-7-12(17)6-13(18)8-14/h6-8,11H,4-5,9-10H2,1-3H3/t11-/m1/s1. The molecule has 0 spiro atoms. The maximum Gasteiger partial charge on any atom is 0.410 e. The zero-order chi connectivity index (χ0) is 16.3. The molecule has 1 heterocycles. The molecule has 1 atom stereocenters. The highest BCUT2D eigenvalue weighted by Gasteiger charge is 2.30. The first-order chi connectivity index (χ1) is 10.2. The van der Waals surface area contributed by atoms with Gasteiger partial charge in [0.2, 0.25) is 0 Å². The lowest BCUT2D eigenvalue weighted by Crippen LogP contribution is -2.35. The fourth-order valence-corrected chi connectivity index (χ4v) is 2.73. The van der Waals surface area contributed by atoms with Gasteiger partial charge < -0.3 is 14.4 Å². The van der Waals surface area contributed by atoms with Crippen molar-refractivity contribution in [3.63, 3.8) is 0 Å². The summed E-state index contributed by atoms with van der Waals surface area (Å²) in [6.07, 6.45) is 0.568. The van der Waals surface area contributed by atoms with Gasteiger partial charge in [-0.1, -0.05) is 15.9 Å². The first-order valence-corrected chi connectivity index (χ1v) is 8.09. The van der Waals surface area contributed by atoms with Crippen molar-refractivity contribution < 1.29 is 18.7 Å². The largest absolute Gasteiger partial charge is 0.493 e. The van der Waals surface area contributed by atoms with Crippen LogP contribution in [-0.4, -0.2) is 36.3 Å². The Morgan fingerprint density at radius 1 is 1.41 bits per heavy atom. The van der Waals surface area contributed by atoms with E-state index in [4.69, 9.17) is 9.47 Å². The van der Waals surface area contributed by atoms with Crippen molar-refractivity contribution >= 4 is 22.0 Å². The van der Waals surface area contributed by atoms with E-state index in [0.29, 0.717) is 29.9 Å². The summed E-state index contributed by atoms with van der Waals surface area (Å²) >= 11 is 3.23. The number of nitrogens with zero attached hydrogens (tertiary/aromatic N) is 1. The highest BCUT2D eigenvalue weighted by Crippen LogP contribution is 2.24. The second-order valence-corrected chi connectivity index (χ2v) is 7.41. The Labute approximate surface area is 138 Å². The van der Waals surface area contributed by atoms with Crippen molar-refractivity contribution in [1.82, 2.24) is 4.90 Å². The molecule has 1 aliphatic rings. The fourth-order valence-electron chi connectivity index (χ4n) is 2.29. The predicted molar refractivity (Wildman–Crippen MR) is 85.5 cm³/mol. The molecule has 4 nitrogen and oxygen atoms in total. The lowest BCUT2D eigenvalue weighted by atomic mass is 10.1. The molecule has 2 rings (SSSR count). The van der Waals surface area contributed by atoms with Crippen molar-refractivity contribution in [3.05, 3.63) is 28.5 Å². The summed E-state index contributed by atoms with van der Waals surface area (Å²) in [5, 5.41) is 0. The van der Waals surface area contributed by atoms with Gasteiger partial charge in [0.15, 0.2) is 0 Å². The zero-order valence-corrected chi connectivity index (χ0v) is 14.7. The van der Waals surface area contributed by atoms with E-state index >= 15 is 0 Å². The Bertz CT molecular complexity index is 524. The van der Waals surface area contributed by atoms with E-state index in [1.165, 1.54) is 12.1 Å². The van der Waals surface area contributed by atoms with Gasteiger partial charge in [-0.3, -0.25) is 0 Å². The number of hydrogen-bond donors (Lipinski definition) is 0. The third-order valence-corrected chi connectivity index (χ3v) is 3.72. The van der Waals surface area contributed by atoms with Crippen molar-refractivity contribution in [2.75, 3.05) is 19.7 Å². The van der Waals surface area contributed by atoms with Gasteiger partial charge >= 0.3 is 6.09 Å². The van der Waals surface area contributed by atoms with Crippen LogP contribution in [0.5, 0.6) is 5.75 Å². The van der Waals surface area contributed by atoms with Gasteiger partial charge in [-0.2, -0.15) is 0 Å². The normalized spacial score (nSPS) is 18.4. The van der Waals surface area contributed by atoms with Gasteiger partial charge in [0, 0.05) is 29.5 Å². The second-order valence-electron chi connectivity index (χ2n) is 6.50. The monoisotopic (exact) mass is 373 g/mol. The Morgan fingerprint density at radius 3 is 2.77 bits per heavy atom. The number of benzene rings is 1. The van der Waals surface area contributed by atoms with E-state index in [0.717, 1.165) is 6.42 Å². The average molecular weight is 374 g/mol. The molecule has 122 valence electrons. The molecular weight excluding hydrogens is 353 g/mol. The molecule has 1 fully saturated rings. The highest BCUT2D eigenvalue weighted by atomic mass is 79.9. The van der Waals surface area contributed by atoms with Gasteiger partial charge in [0.05, 0.1) is 6.61 Å². The summed E-state index contributed by atoms with van der Waals surface area (Å²) in [6.45, 7) is 7.27. The predicted octanol–water partition coefficient (Wildman–Crippen LogP) is 4.22. The number of ether oxygens (including phenoxy) is 2. The summed E-state index contributed by atoms with van der Waals surface area (Å²) in [7, 11) is 0. The Hall–Kier alpha value is -1.30. The fraction of sp³-hybridized carbons (Fsp3) is 0.562. The zero-order valence-electron chi connectivity index (χ0n) is 13.1. The number of likely N-dealkylation sites (tertiary alicyclic amines) is 1. The van der Waals surface area contributed by atoms with E-state index in [9.17, 15) is 9.18 Å². The number of hydrogen-bond acceptors (Lipinski definition) is 3. The minimum Gasteiger partial charge on any atom is -0.493 e. The molecule has 0 aromatic heterocycles. The second kappa shape index (κ2) is 6.86. The van der Waals surface area contributed by atoms with E-state index in [-0.39, 0.29) is 17.8 Å². The number of halogens is 2. The van der Waals surface area contributed by atoms with Gasteiger partial charge in [-0.05, 0) is 39.3 Å². The Morgan fingerprint density at radius 2 is 2.14 bits per heavy atom. The SMILES string of the molecule is CC(C)(C)OC(=O)N1CC[C@@H](COc2cc(F)cc(Br)c2)C1. The summed E-state index contributed by atoms with van der Waals surface area (Å²) < 4.78 is 24.9. The van der Waals surface area contributed by atoms with Crippen molar-refractivity contribution in [2.45, 2.75) is 32.8 Å². The van der Waals surface area contributed by atoms with E-state index in [2.05, 4.69) is 15.9 Å². The van der Waals surface area contributed by atoms with Gasteiger partial charge in [-0.15, -0.1) is 0 Å². The molecule has 1 aliphatic heterocycles. The summed E-state index contributed by atoms with van der Waals surface area (Å²) in [5.74, 6) is 0.378. The van der Waals surface area contributed by atoms with Gasteiger partial charge in [0.25, 0.3) is 0 Å². The molecule has 6 heteroatoms. The van der Waals surface area contributed by atoms with Crippen LogP contribution < -0.4 is 4.74 Å². The smallest absolute Gasteiger partial charge is 0.410 e. The maximum atomic E-state index is 13.3. The van der Waals surface area contributed by atoms with Gasteiger partial charge in [0.1, 0.15) is 17.2 Å². The third kappa shape index (κ3) is 5.16. The first kappa shape index (κ1) is 17.1. The third-order valence-electron chi connectivity index (χ3n) is 3.26. The van der Waals surface area contributed by atoms with Crippen LogP contribution in [0.15, 0.2) is 22.7 Å². The Kier molecular flexibility index (Phi) is 5.32. The maximum absolute atomic E-state index is 13.3.